The second kappa shape index (κ2) is 5.34. The fourth-order valence-corrected chi connectivity index (χ4v) is 0.948. The van der Waals surface area contributed by atoms with E-state index in [2.05, 4.69) is 20.8 Å². The SMILES string of the molecule is CC(C)(C)[C@@H](N)C[C@H](O)C(C)(C)C.Cl. The zero-order valence-corrected chi connectivity index (χ0v) is 11.1. The molecule has 2 atom stereocenters. The highest BCUT2D eigenvalue weighted by Gasteiger charge is 2.29. The Morgan fingerprint density at radius 2 is 1.36 bits per heavy atom. The Morgan fingerprint density at radius 3 is 1.57 bits per heavy atom. The summed E-state index contributed by atoms with van der Waals surface area (Å²) in [4.78, 5) is 0. The number of aliphatic hydroxyl groups is 1. The van der Waals surface area contributed by atoms with Crippen LogP contribution >= 0.6 is 12.4 Å². The molecule has 3 N–H and O–H groups in total. The maximum atomic E-state index is 9.84. The van der Waals surface area contributed by atoms with E-state index in [1.807, 2.05) is 20.8 Å². The van der Waals surface area contributed by atoms with E-state index >= 15 is 0 Å². The van der Waals surface area contributed by atoms with Crippen molar-refractivity contribution < 1.29 is 5.11 Å². The average molecular weight is 224 g/mol. The second-order valence-electron chi connectivity index (χ2n) is 6.09. The number of aliphatic hydroxyl groups excluding tert-OH is 1. The van der Waals surface area contributed by atoms with Gasteiger partial charge >= 0.3 is 0 Å². The van der Waals surface area contributed by atoms with Crippen LogP contribution in [0.25, 0.3) is 0 Å². The van der Waals surface area contributed by atoms with Crippen molar-refractivity contribution >= 4 is 12.4 Å². The predicted octanol–water partition coefficient (Wildman–Crippen LogP) is 2.58. The molecule has 0 bridgehead atoms. The van der Waals surface area contributed by atoms with E-state index in [9.17, 15) is 5.11 Å². The third-order valence-electron chi connectivity index (χ3n) is 2.59. The summed E-state index contributed by atoms with van der Waals surface area (Å²) >= 11 is 0. The van der Waals surface area contributed by atoms with E-state index < -0.39 is 0 Å². The Morgan fingerprint density at radius 1 is 1.00 bits per heavy atom. The van der Waals surface area contributed by atoms with E-state index in [0.29, 0.717) is 6.42 Å². The van der Waals surface area contributed by atoms with Gasteiger partial charge in [-0.05, 0) is 17.3 Å². The second-order valence-corrected chi connectivity index (χ2v) is 6.09. The molecule has 2 nitrogen and oxygen atoms in total. The van der Waals surface area contributed by atoms with E-state index in [1.165, 1.54) is 0 Å². The van der Waals surface area contributed by atoms with Crippen molar-refractivity contribution in [2.24, 2.45) is 16.6 Å². The molecular weight excluding hydrogens is 198 g/mol. The minimum absolute atomic E-state index is 0. The molecular formula is C11H26ClNO. The Hall–Kier alpha value is 0.210. The minimum Gasteiger partial charge on any atom is -0.393 e. The van der Waals surface area contributed by atoms with Gasteiger partial charge in [-0.1, -0.05) is 41.5 Å². The molecule has 0 heterocycles. The number of hydrogen-bond acceptors (Lipinski definition) is 2. The van der Waals surface area contributed by atoms with Crippen LogP contribution in [0.1, 0.15) is 48.0 Å². The number of hydrogen-bond donors (Lipinski definition) is 2. The van der Waals surface area contributed by atoms with Crippen LogP contribution in [0.2, 0.25) is 0 Å². The quantitative estimate of drug-likeness (QED) is 0.756. The van der Waals surface area contributed by atoms with Crippen molar-refractivity contribution in [3.05, 3.63) is 0 Å². The van der Waals surface area contributed by atoms with Crippen molar-refractivity contribution in [1.29, 1.82) is 0 Å². The molecule has 0 spiro atoms. The Kier molecular flexibility index (Phi) is 6.34. The van der Waals surface area contributed by atoms with Gasteiger partial charge in [-0.15, -0.1) is 12.4 Å². The summed E-state index contributed by atoms with van der Waals surface area (Å²) in [7, 11) is 0. The fraction of sp³-hybridized carbons (Fsp3) is 1.00. The van der Waals surface area contributed by atoms with E-state index in [-0.39, 0.29) is 35.4 Å². The zero-order valence-electron chi connectivity index (χ0n) is 10.3. The topological polar surface area (TPSA) is 46.2 Å². The first-order valence-corrected chi connectivity index (χ1v) is 4.99. The van der Waals surface area contributed by atoms with Gasteiger partial charge in [0, 0.05) is 6.04 Å². The normalized spacial score (nSPS) is 17.1. The first-order chi connectivity index (χ1) is 5.55. The van der Waals surface area contributed by atoms with Gasteiger partial charge in [-0.2, -0.15) is 0 Å². The van der Waals surface area contributed by atoms with Crippen molar-refractivity contribution in [3.63, 3.8) is 0 Å². The lowest BCUT2D eigenvalue weighted by molar-refractivity contribution is 0.0388. The molecule has 0 saturated heterocycles. The summed E-state index contributed by atoms with van der Waals surface area (Å²) in [5, 5.41) is 9.84. The largest absolute Gasteiger partial charge is 0.393 e. The Labute approximate surface area is 94.7 Å². The third kappa shape index (κ3) is 5.84. The average Bonchev–Trinajstić information content (AvgIpc) is 1.82. The molecule has 14 heavy (non-hydrogen) atoms. The van der Waals surface area contributed by atoms with Crippen LogP contribution in [0.15, 0.2) is 0 Å². The van der Waals surface area contributed by atoms with E-state index in [1.54, 1.807) is 0 Å². The van der Waals surface area contributed by atoms with Crippen molar-refractivity contribution in [2.75, 3.05) is 0 Å². The third-order valence-corrected chi connectivity index (χ3v) is 2.59. The van der Waals surface area contributed by atoms with Gasteiger partial charge < -0.3 is 10.8 Å². The van der Waals surface area contributed by atoms with Gasteiger partial charge in [0.05, 0.1) is 6.10 Å². The molecule has 0 radical (unpaired) electrons. The highest BCUT2D eigenvalue weighted by molar-refractivity contribution is 5.85. The maximum absolute atomic E-state index is 9.84. The lowest BCUT2D eigenvalue weighted by atomic mass is 9.78. The summed E-state index contributed by atoms with van der Waals surface area (Å²) in [5.41, 5.74) is 6.00. The standard InChI is InChI=1S/C11H25NO.ClH/c1-10(2,3)8(12)7-9(13)11(4,5)6;/h8-9,13H,7,12H2,1-6H3;1H/t8-,9-;/m0./s1. The summed E-state index contributed by atoms with van der Waals surface area (Å²) in [6.07, 6.45) is 0.356. The zero-order chi connectivity index (χ0) is 10.9. The Bertz CT molecular complexity index is 140. The van der Waals surface area contributed by atoms with Gasteiger partial charge in [0.15, 0.2) is 0 Å². The number of halogens is 1. The summed E-state index contributed by atoms with van der Waals surface area (Å²) in [5.74, 6) is 0. The Balaban J connectivity index is 0. The molecule has 88 valence electrons. The first kappa shape index (κ1) is 16.6. The summed E-state index contributed by atoms with van der Waals surface area (Å²) < 4.78 is 0. The van der Waals surface area contributed by atoms with E-state index in [0.717, 1.165) is 0 Å². The molecule has 0 rings (SSSR count). The molecule has 0 aromatic rings. The lowest BCUT2D eigenvalue weighted by Crippen LogP contribution is -2.41. The van der Waals surface area contributed by atoms with Crippen molar-refractivity contribution in [1.82, 2.24) is 0 Å². The fourth-order valence-electron chi connectivity index (χ4n) is 0.948. The van der Waals surface area contributed by atoms with Crippen LogP contribution in [-0.2, 0) is 0 Å². The molecule has 0 aromatic carbocycles. The maximum Gasteiger partial charge on any atom is 0.0603 e. The predicted molar refractivity (Wildman–Crippen MR) is 64.8 cm³/mol. The van der Waals surface area contributed by atoms with E-state index in [4.69, 9.17) is 5.73 Å². The van der Waals surface area contributed by atoms with Gasteiger partial charge in [-0.3, -0.25) is 0 Å². The highest BCUT2D eigenvalue weighted by atomic mass is 35.5. The monoisotopic (exact) mass is 223 g/mol. The number of rotatable bonds is 2. The molecule has 0 aliphatic heterocycles. The first-order valence-electron chi connectivity index (χ1n) is 4.99. The summed E-state index contributed by atoms with van der Waals surface area (Å²) in [6.45, 7) is 12.4. The number of nitrogens with two attached hydrogens (primary N) is 1. The van der Waals surface area contributed by atoms with Crippen LogP contribution in [0, 0.1) is 10.8 Å². The lowest BCUT2D eigenvalue weighted by Gasteiger charge is -2.33. The molecule has 0 aliphatic carbocycles. The smallest absolute Gasteiger partial charge is 0.0603 e. The van der Waals surface area contributed by atoms with Gasteiger partial charge in [-0.25, -0.2) is 0 Å². The van der Waals surface area contributed by atoms with Crippen molar-refractivity contribution in [3.8, 4) is 0 Å². The molecule has 3 heteroatoms. The van der Waals surface area contributed by atoms with Gasteiger partial charge in [0.25, 0.3) is 0 Å². The van der Waals surface area contributed by atoms with Crippen LogP contribution in [0.4, 0.5) is 0 Å². The molecule has 0 aromatic heterocycles. The molecule has 0 amide bonds. The minimum atomic E-state index is -0.318. The molecule has 0 aliphatic rings. The molecule has 0 unspecified atom stereocenters. The van der Waals surface area contributed by atoms with Crippen LogP contribution in [0.3, 0.4) is 0 Å². The molecule has 0 saturated carbocycles. The summed E-state index contributed by atoms with van der Waals surface area (Å²) in [6, 6.07) is 0.0572. The van der Waals surface area contributed by atoms with Crippen molar-refractivity contribution in [2.45, 2.75) is 60.1 Å². The van der Waals surface area contributed by atoms with Crippen LogP contribution in [0.5, 0.6) is 0 Å². The van der Waals surface area contributed by atoms with Crippen LogP contribution < -0.4 is 5.73 Å². The van der Waals surface area contributed by atoms with Crippen LogP contribution in [-0.4, -0.2) is 17.3 Å². The highest BCUT2D eigenvalue weighted by Crippen LogP contribution is 2.27. The molecule has 0 fully saturated rings. The van der Waals surface area contributed by atoms with Gasteiger partial charge in [0.2, 0.25) is 0 Å². The van der Waals surface area contributed by atoms with Gasteiger partial charge in [0.1, 0.15) is 0 Å².